The summed E-state index contributed by atoms with van der Waals surface area (Å²) in [5.41, 5.74) is 3.56. The quantitative estimate of drug-likeness (QED) is 0.645. The molecule has 1 fully saturated rings. The molecule has 1 aliphatic carbocycles. The van der Waals surface area contributed by atoms with Crippen LogP contribution in [0.2, 0.25) is 0 Å². The molecule has 4 rings (SSSR count). The van der Waals surface area contributed by atoms with E-state index in [9.17, 15) is 14.4 Å². The summed E-state index contributed by atoms with van der Waals surface area (Å²) in [7, 11) is 0. The molecular formula is C26H30N4O3. The van der Waals surface area contributed by atoms with Gasteiger partial charge in [-0.15, -0.1) is 0 Å². The summed E-state index contributed by atoms with van der Waals surface area (Å²) in [4.78, 5) is 37.1. The average Bonchev–Trinajstić information content (AvgIpc) is 3.55. The summed E-state index contributed by atoms with van der Waals surface area (Å²) in [5, 5.41) is 11.7. The van der Waals surface area contributed by atoms with Crippen LogP contribution in [0.15, 0.2) is 59.7 Å². The maximum absolute atomic E-state index is 12.5. The molecule has 0 spiro atoms. The van der Waals surface area contributed by atoms with Crippen LogP contribution in [0.1, 0.15) is 56.1 Å². The Morgan fingerprint density at radius 3 is 2.55 bits per heavy atom. The highest BCUT2D eigenvalue weighted by Crippen LogP contribution is 2.26. The van der Waals surface area contributed by atoms with Gasteiger partial charge in [0.25, 0.3) is 0 Å². The van der Waals surface area contributed by atoms with Gasteiger partial charge in [0.15, 0.2) is 0 Å². The lowest BCUT2D eigenvalue weighted by molar-refractivity contribution is -0.133. The van der Waals surface area contributed by atoms with Crippen LogP contribution >= 0.6 is 0 Å². The zero-order chi connectivity index (χ0) is 23.0. The lowest BCUT2D eigenvalue weighted by Crippen LogP contribution is -2.27. The number of amides is 3. The fourth-order valence-corrected chi connectivity index (χ4v) is 4.30. The number of hydrogen-bond acceptors (Lipinski definition) is 4. The highest BCUT2D eigenvalue weighted by molar-refractivity contribution is 6.02. The molecule has 1 saturated carbocycles. The number of carbonyl (C=O) groups is 3. The highest BCUT2D eigenvalue weighted by atomic mass is 16.2. The van der Waals surface area contributed by atoms with Crippen molar-refractivity contribution in [3.8, 4) is 0 Å². The summed E-state index contributed by atoms with van der Waals surface area (Å²) in [6.07, 6.45) is 5.09. The SMILES string of the molecule is O=C(CCC(=O)N1CCC(c2ccccc2)=N1)NCc1cccc(NC(=O)C2CCCC2)c1. The molecule has 2 N–H and O–H groups in total. The first-order valence-electron chi connectivity index (χ1n) is 11.7. The van der Waals surface area contributed by atoms with Crippen molar-refractivity contribution in [2.24, 2.45) is 11.0 Å². The first-order chi connectivity index (χ1) is 16.1. The topological polar surface area (TPSA) is 90.9 Å². The van der Waals surface area contributed by atoms with Gasteiger partial charge in [-0.05, 0) is 36.1 Å². The molecule has 7 heteroatoms. The van der Waals surface area contributed by atoms with Crippen LogP contribution in [0, 0.1) is 5.92 Å². The number of nitrogens with one attached hydrogen (secondary N) is 2. The molecule has 0 aromatic heterocycles. The molecule has 0 radical (unpaired) electrons. The lowest BCUT2D eigenvalue weighted by Gasteiger charge is -2.12. The standard InChI is InChI=1S/C26H30N4O3/c31-24(13-14-25(32)30-16-15-23(29-30)20-8-2-1-3-9-20)27-18-19-7-6-12-22(17-19)28-26(33)21-10-4-5-11-21/h1-3,6-9,12,17,21H,4-5,10-11,13-16,18H2,(H,27,31)(H,28,33). The third-order valence-electron chi connectivity index (χ3n) is 6.17. The molecule has 1 aliphatic heterocycles. The molecular weight excluding hydrogens is 416 g/mol. The number of benzene rings is 2. The molecule has 1 heterocycles. The summed E-state index contributed by atoms with van der Waals surface area (Å²) < 4.78 is 0. The largest absolute Gasteiger partial charge is 0.352 e. The number of hydrazone groups is 1. The Hall–Kier alpha value is -3.48. The molecule has 2 aromatic rings. The molecule has 0 bridgehead atoms. The fourth-order valence-electron chi connectivity index (χ4n) is 4.30. The molecule has 33 heavy (non-hydrogen) atoms. The minimum absolute atomic E-state index is 0.0761. The Morgan fingerprint density at radius 2 is 1.76 bits per heavy atom. The Labute approximate surface area is 194 Å². The second-order valence-electron chi connectivity index (χ2n) is 8.63. The highest BCUT2D eigenvalue weighted by Gasteiger charge is 2.23. The van der Waals surface area contributed by atoms with Crippen molar-refractivity contribution in [2.75, 3.05) is 11.9 Å². The summed E-state index contributed by atoms with van der Waals surface area (Å²) >= 11 is 0. The van der Waals surface area contributed by atoms with E-state index in [-0.39, 0.29) is 36.5 Å². The Bertz CT molecular complexity index is 1030. The van der Waals surface area contributed by atoms with Crippen LogP contribution in [0.4, 0.5) is 5.69 Å². The number of rotatable bonds is 8. The Kier molecular flexibility index (Phi) is 7.50. The van der Waals surface area contributed by atoms with Crippen LogP contribution in [-0.4, -0.2) is 35.0 Å². The lowest BCUT2D eigenvalue weighted by atomic mass is 10.1. The van der Waals surface area contributed by atoms with E-state index in [1.807, 2.05) is 54.6 Å². The number of carbonyl (C=O) groups excluding carboxylic acids is 3. The van der Waals surface area contributed by atoms with E-state index in [1.54, 1.807) is 0 Å². The van der Waals surface area contributed by atoms with Crippen molar-refractivity contribution >= 4 is 29.1 Å². The van der Waals surface area contributed by atoms with Gasteiger partial charge in [0.1, 0.15) is 0 Å². The third-order valence-corrected chi connectivity index (χ3v) is 6.17. The number of hydrogen-bond donors (Lipinski definition) is 2. The van der Waals surface area contributed by atoms with Crippen molar-refractivity contribution in [3.05, 3.63) is 65.7 Å². The maximum Gasteiger partial charge on any atom is 0.243 e. The second kappa shape index (κ2) is 10.9. The molecule has 0 saturated heterocycles. The maximum atomic E-state index is 12.5. The number of nitrogens with zero attached hydrogens (tertiary/aromatic N) is 2. The van der Waals surface area contributed by atoms with Gasteiger partial charge < -0.3 is 10.6 Å². The first kappa shape index (κ1) is 22.7. The van der Waals surface area contributed by atoms with Crippen LogP contribution in [-0.2, 0) is 20.9 Å². The molecule has 7 nitrogen and oxygen atoms in total. The van der Waals surface area contributed by atoms with E-state index in [4.69, 9.17) is 0 Å². The predicted molar refractivity (Wildman–Crippen MR) is 127 cm³/mol. The minimum Gasteiger partial charge on any atom is -0.352 e. The summed E-state index contributed by atoms with van der Waals surface area (Å²) in [6.45, 7) is 0.893. The van der Waals surface area contributed by atoms with Gasteiger partial charge in [-0.25, -0.2) is 5.01 Å². The fraction of sp³-hybridized carbons (Fsp3) is 0.385. The first-order valence-corrected chi connectivity index (χ1v) is 11.7. The van der Waals surface area contributed by atoms with Gasteiger partial charge in [0, 0.05) is 37.4 Å². The van der Waals surface area contributed by atoms with Gasteiger partial charge in [-0.1, -0.05) is 55.3 Å². The van der Waals surface area contributed by atoms with Gasteiger partial charge in [-0.2, -0.15) is 5.10 Å². The third kappa shape index (κ3) is 6.28. The van der Waals surface area contributed by atoms with E-state index in [1.165, 1.54) is 5.01 Å². The van der Waals surface area contributed by atoms with E-state index in [2.05, 4.69) is 15.7 Å². The Balaban J connectivity index is 1.21. The van der Waals surface area contributed by atoms with E-state index >= 15 is 0 Å². The molecule has 2 aliphatic rings. The van der Waals surface area contributed by atoms with Crippen molar-refractivity contribution in [3.63, 3.8) is 0 Å². The van der Waals surface area contributed by atoms with Gasteiger partial charge in [-0.3, -0.25) is 14.4 Å². The minimum atomic E-state index is -0.185. The molecule has 172 valence electrons. The predicted octanol–water partition coefficient (Wildman–Crippen LogP) is 3.85. The van der Waals surface area contributed by atoms with E-state index in [0.717, 1.165) is 54.6 Å². The second-order valence-corrected chi connectivity index (χ2v) is 8.63. The molecule has 0 atom stereocenters. The van der Waals surface area contributed by atoms with Gasteiger partial charge in [0.05, 0.1) is 12.3 Å². The van der Waals surface area contributed by atoms with Crippen molar-refractivity contribution in [2.45, 2.75) is 51.5 Å². The van der Waals surface area contributed by atoms with Crippen LogP contribution in [0.25, 0.3) is 0 Å². The molecule has 2 aromatic carbocycles. The Morgan fingerprint density at radius 1 is 0.970 bits per heavy atom. The summed E-state index contributed by atoms with van der Waals surface area (Å²) in [5.74, 6) is -0.148. The molecule has 3 amide bonds. The van der Waals surface area contributed by atoms with Crippen molar-refractivity contribution in [1.29, 1.82) is 0 Å². The zero-order valence-electron chi connectivity index (χ0n) is 18.8. The smallest absolute Gasteiger partial charge is 0.243 e. The van der Waals surface area contributed by atoms with Crippen LogP contribution in [0.5, 0.6) is 0 Å². The average molecular weight is 447 g/mol. The van der Waals surface area contributed by atoms with Crippen LogP contribution in [0.3, 0.4) is 0 Å². The molecule has 0 unspecified atom stereocenters. The normalized spacial score (nSPS) is 15.9. The zero-order valence-corrected chi connectivity index (χ0v) is 18.8. The van der Waals surface area contributed by atoms with E-state index in [0.29, 0.717) is 13.1 Å². The summed E-state index contributed by atoms with van der Waals surface area (Å²) in [6, 6.07) is 17.3. The number of anilines is 1. The van der Waals surface area contributed by atoms with Crippen molar-refractivity contribution in [1.82, 2.24) is 10.3 Å². The van der Waals surface area contributed by atoms with E-state index < -0.39 is 0 Å². The van der Waals surface area contributed by atoms with Crippen molar-refractivity contribution < 1.29 is 14.4 Å². The monoisotopic (exact) mass is 446 g/mol. The van der Waals surface area contributed by atoms with Gasteiger partial charge in [0.2, 0.25) is 17.7 Å². The van der Waals surface area contributed by atoms with Crippen LogP contribution < -0.4 is 10.6 Å². The van der Waals surface area contributed by atoms with Gasteiger partial charge >= 0.3 is 0 Å².